The van der Waals surface area contributed by atoms with E-state index >= 15 is 0 Å². The summed E-state index contributed by atoms with van der Waals surface area (Å²) >= 11 is 6.03. The highest BCUT2D eigenvalue weighted by Gasteiger charge is 2.22. The quantitative estimate of drug-likeness (QED) is 0.859. The fraction of sp³-hybridized carbons (Fsp3) is 0.357. The Morgan fingerprint density at radius 2 is 2.14 bits per heavy atom. The summed E-state index contributed by atoms with van der Waals surface area (Å²) in [5, 5.41) is 10.8. The maximum Gasteiger partial charge on any atom is 0.361 e. The van der Waals surface area contributed by atoms with Gasteiger partial charge in [-0.25, -0.2) is 4.79 Å². The van der Waals surface area contributed by atoms with Crippen LogP contribution in [-0.2, 0) is 4.74 Å². The first kappa shape index (κ1) is 15.3. The first-order chi connectivity index (χ1) is 10.0. The van der Waals surface area contributed by atoms with Gasteiger partial charge in [0.15, 0.2) is 5.69 Å². The predicted molar refractivity (Wildman–Crippen MR) is 78.5 cm³/mol. The van der Waals surface area contributed by atoms with Crippen LogP contribution in [0.15, 0.2) is 18.2 Å². The number of carbonyl (C=O) groups is 1. The fourth-order valence-electron chi connectivity index (χ4n) is 1.80. The Hall–Kier alpha value is -2.08. The van der Waals surface area contributed by atoms with Crippen molar-refractivity contribution in [1.82, 2.24) is 15.4 Å². The second kappa shape index (κ2) is 6.58. The third kappa shape index (κ3) is 3.52. The highest BCUT2D eigenvalue weighted by molar-refractivity contribution is 6.31. The zero-order valence-electron chi connectivity index (χ0n) is 12.0. The topological polar surface area (TPSA) is 77.1 Å². The standard InChI is InChI=1S/C14H16ClN3O3/c1-4-20-14(19)13-12(16-18-17-13)10-7-9(15)5-6-11(10)21-8(2)3/h5-8H,4H2,1-3H3,(H,16,17,18). The number of nitrogens with zero attached hydrogens (tertiary/aromatic N) is 2. The third-order valence-electron chi connectivity index (χ3n) is 2.58. The lowest BCUT2D eigenvalue weighted by Gasteiger charge is -2.13. The van der Waals surface area contributed by atoms with Gasteiger partial charge in [0.1, 0.15) is 11.4 Å². The number of hydrogen-bond donors (Lipinski definition) is 1. The number of aromatic nitrogens is 3. The van der Waals surface area contributed by atoms with Crippen LogP contribution in [0.3, 0.4) is 0 Å². The lowest BCUT2D eigenvalue weighted by Crippen LogP contribution is -2.09. The molecule has 0 aliphatic heterocycles. The van der Waals surface area contributed by atoms with Gasteiger partial charge in [-0.1, -0.05) is 11.6 Å². The molecule has 0 aliphatic rings. The van der Waals surface area contributed by atoms with E-state index in [1.165, 1.54) is 0 Å². The van der Waals surface area contributed by atoms with Crippen molar-refractivity contribution >= 4 is 17.6 Å². The summed E-state index contributed by atoms with van der Waals surface area (Å²) in [5.74, 6) is 0.0329. The number of nitrogens with one attached hydrogen (secondary N) is 1. The third-order valence-corrected chi connectivity index (χ3v) is 2.81. The second-order valence-electron chi connectivity index (χ2n) is 4.55. The summed E-state index contributed by atoms with van der Waals surface area (Å²) in [6, 6.07) is 5.13. The van der Waals surface area contributed by atoms with Crippen LogP contribution in [0.4, 0.5) is 0 Å². The van der Waals surface area contributed by atoms with Crippen molar-refractivity contribution in [3.63, 3.8) is 0 Å². The molecule has 1 aromatic heterocycles. The Bertz CT molecular complexity index is 640. The molecule has 0 aliphatic carbocycles. The van der Waals surface area contributed by atoms with Crippen LogP contribution in [0, 0.1) is 0 Å². The fourth-order valence-corrected chi connectivity index (χ4v) is 1.98. The average molecular weight is 310 g/mol. The van der Waals surface area contributed by atoms with Crippen LogP contribution in [0.1, 0.15) is 31.3 Å². The molecule has 2 rings (SSSR count). The van der Waals surface area contributed by atoms with E-state index in [9.17, 15) is 4.79 Å². The van der Waals surface area contributed by atoms with E-state index in [-0.39, 0.29) is 18.4 Å². The smallest absolute Gasteiger partial charge is 0.361 e. The Morgan fingerprint density at radius 3 is 2.81 bits per heavy atom. The number of aromatic amines is 1. The molecule has 0 spiro atoms. The second-order valence-corrected chi connectivity index (χ2v) is 4.98. The lowest BCUT2D eigenvalue weighted by molar-refractivity contribution is 0.0520. The number of hydrogen-bond acceptors (Lipinski definition) is 5. The van der Waals surface area contributed by atoms with Crippen molar-refractivity contribution in [1.29, 1.82) is 0 Å². The molecule has 0 saturated carbocycles. The maximum absolute atomic E-state index is 11.9. The van der Waals surface area contributed by atoms with Crippen LogP contribution in [0.25, 0.3) is 11.3 Å². The van der Waals surface area contributed by atoms with E-state index in [4.69, 9.17) is 21.1 Å². The van der Waals surface area contributed by atoms with Crippen molar-refractivity contribution in [3.05, 3.63) is 28.9 Å². The van der Waals surface area contributed by atoms with Crippen LogP contribution in [-0.4, -0.2) is 34.1 Å². The van der Waals surface area contributed by atoms with Gasteiger partial charge in [-0.05, 0) is 39.0 Å². The van der Waals surface area contributed by atoms with Gasteiger partial charge < -0.3 is 9.47 Å². The van der Waals surface area contributed by atoms with Crippen molar-refractivity contribution in [2.24, 2.45) is 0 Å². The maximum atomic E-state index is 11.9. The molecule has 6 nitrogen and oxygen atoms in total. The van der Waals surface area contributed by atoms with E-state index in [0.29, 0.717) is 22.0 Å². The predicted octanol–water partition coefficient (Wildman–Crippen LogP) is 3.09. The van der Waals surface area contributed by atoms with Gasteiger partial charge in [0.25, 0.3) is 0 Å². The van der Waals surface area contributed by atoms with Gasteiger partial charge in [-0.3, -0.25) is 0 Å². The molecule has 1 heterocycles. The van der Waals surface area contributed by atoms with Gasteiger partial charge in [0.2, 0.25) is 0 Å². The van der Waals surface area contributed by atoms with Gasteiger partial charge in [-0.15, -0.1) is 5.10 Å². The molecular formula is C14H16ClN3O3. The number of H-pyrrole nitrogens is 1. The number of rotatable bonds is 5. The van der Waals surface area contributed by atoms with Gasteiger partial charge in [0.05, 0.1) is 12.7 Å². The molecule has 1 aromatic carbocycles. The molecule has 0 atom stereocenters. The van der Waals surface area contributed by atoms with Gasteiger partial charge in [0, 0.05) is 10.6 Å². The summed E-state index contributed by atoms with van der Waals surface area (Å²) in [4.78, 5) is 11.9. The molecular weight excluding hydrogens is 294 g/mol. The van der Waals surface area contributed by atoms with Crippen molar-refractivity contribution in [2.45, 2.75) is 26.9 Å². The Morgan fingerprint density at radius 1 is 1.38 bits per heavy atom. The van der Waals surface area contributed by atoms with E-state index in [1.54, 1.807) is 25.1 Å². The number of carbonyl (C=O) groups excluding carboxylic acids is 1. The first-order valence-corrected chi connectivity index (χ1v) is 6.95. The summed E-state index contributed by atoms with van der Waals surface area (Å²) in [7, 11) is 0. The normalized spacial score (nSPS) is 10.7. The molecule has 7 heteroatoms. The molecule has 2 aromatic rings. The zero-order valence-corrected chi connectivity index (χ0v) is 12.8. The van der Waals surface area contributed by atoms with Gasteiger partial charge >= 0.3 is 5.97 Å². The number of benzene rings is 1. The van der Waals surface area contributed by atoms with E-state index in [0.717, 1.165) is 0 Å². The van der Waals surface area contributed by atoms with Crippen LogP contribution in [0.2, 0.25) is 5.02 Å². The summed E-state index contributed by atoms with van der Waals surface area (Å²) in [6.07, 6.45) is -0.0251. The Labute approximate surface area is 127 Å². The van der Waals surface area contributed by atoms with E-state index < -0.39 is 5.97 Å². The highest BCUT2D eigenvalue weighted by Crippen LogP contribution is 2.33. The summed E-state index contributed by atoms with van der Waals surface area (Å²) < 4.78 is 10.7. The van der Waals surface area contributed by atoms with Crippen molar-refractivity contribution < 1.29 is 14.3 Å². The average Bonchev–Trinajstić information content (AvgIpc) is 2.89. The molecule has 0 bridgehead atoms. The SMILES string of the molecule is CCOC(=O)c1n[nH]nc1-c1cc(Cl)ccc1OC(C)C. The minimum Gasteiger partial charge on any atom is -0.490 e. The van der Waals surface area contributed by atoms with Crippen LogP contribution in [0.5, 0.6) is 5.75 Å². The lowest BCUT2D eigenvalue weighted by atomic mass is 10.1. The first-order valence-electron chi connectivity index (χ1n) is 6.57. The zero-order chi connectivity index (χ0) is 15.4. The highest BCUT2D eigenvalue weighted by atomic mass is 35.5. The molecule has 0 unspecified atom stereocenters. The molecule has 112 valence electrons. The molecule has 0 amide bonds. The van der Waals surface area contributed by atoms with Crippen LogP contribution < -0.4 is 4.74 Å². The van der Waals surface area contributed by atoms with Crippen molar-refractivity contribution in [3.8, 4) is 17.0 Å². The summed E-state index contributed by atoms with van der Waals surface area (Å²) in [6.45, 7) is 5.81. The minimum atomic E-state index is -0.545. The largest absolute Gasteiger partial charge is 0.490 e. The molecule has 0 fully saturated rings. The monoisotopic (exact) mass is 309 g/mol. The molecule has 0 saturated heterocycles. The Balaban J connectivity index is 2.49. The van der Waals surface area contributed by atoms with Crippen molar-refractivity contribution in [2.75, 3.05) is 6.61 Å². The van der Waals surface area contributed by atoms with E-state index in [1.807, 2.05) is 13.8 Å². The van der Waals surface area contributed by atoms with E-state index in [2.05, 4.69) is 15.4 Å². The molecule has 1 N–H and O–H groups in total. The number of ether oxygens (including phenoxy) is 2. The number of halogens is 1. The molecule has 21 heavy (non-hydrogen) atoms. The minimum absolute atomic E-state index is 0.0251. The summed E-state index contributed by atoms with van der Waals surface area (Å²) in [5.41, 5.74) is 1.05. The van der Waals surface area contributed by atoms with Crippen LogP contribution >= 0.6 is 11.6 Å². The Kier molecular flexibility index (Phi) is 4.80. The van der Waals surface area contributed by atoms with Gasteiger partial charge in [-0.2, -0.15) is 10.3 Å². The number of esters is 1. The molecule has 0 radical (unpaired) electrons.